The van der Waals surface area contributed by atoms with Crippen LogP contribution in [0.25, 0.3) is 0 Å². The lowest BCUT2D eigenvalue weighted by Gasteiger charge is -2.45. The van der Waals surface area contributed by atoms with E-state index in [1.165, 1.54) is 10.4 Å². The van der Waals surface area contributed by atoms with E-state index in [1.807, 2.05) is 12.1 Å². The lowest BCUT2D eigenvalue weighted by Crippen LogP contribution is -2.68. The largest absolute Gasteiger partial charge is 0.462 e. The summed E-state index contributed by atoms with van der Waals surface area (Å²) in [6, 6.07) is 21.1. The van der Waals surface area contributed by atoms with Crippen LogP contribution in [0.3, 0.4) is 0 Å². The van der Waals surface area contributed by atoms with Crippen molar-refractivity contribution in [3.63, 3.8) is 0 Å². The van der Waals surface area contributed by atoms with E-state index in [0.717, 1.165) is 0 Å². The fourth-order valence-electron chi connectivity index (χ4n) is 5.26. The molecule has 4 rings (SSSR count). The van der Waals surface area contributed by atoms with Crippen molar-refractivity contribution >= 4 is 24.7 Å². The molecule has 1 N–H and O–H groups in total. The molecule has 0 spiro atoms. The van der Waals surface area contributed by atoms with Gasteiger partial charge in [-0.15, -0.1) is 0 Å². The Morgan fingerprint density at radius 3 is 2.07 bits per heavy atom. The number of benzene rings is 2. The van der Waals surface area contributed by atoms with Gasteiger partial charge in [0.05, 0.1) is 12.5 Å². The van der Waals surface area contributed by atoms with Crippen molar-refractivity contribution in [2.75, 3.05) is 6.61 Å². The fraction of sp³-hybridized carbons (Fsp3) is 0.458. The highest BCUT2D eigenvalue weighted by Crippen LogP contribution is 2.46. The lowest BCUT2D eigenvalue weighted by molar-refractivity contribution is -0.141. The SMILES string of the molecule is CC(C)(C)[Si](O[C@@H]1C[C@@H]2OC(=O)C[C@@H]2[C@H]1CO)(c1ccccc1)c1ccccc1. The van der Waals surface area contributed by atoms with E-state index in [0.29, 0.717) is 12.8 Å². The van der Waals surface area contributed by atoms with Crippen molar-refractivity contribution in [3.05, 3.63) is 60.7 Å². The minimum absolute atomic E-state index is 0.0146. The quantitative estimate of drug-likeness (QED) is 0.608. The number of ether oxygens (including phenoxy) is 1. The van der Waals surface area contributed by atoms with Crippen LogP contribution >= 0.6 is 0 Å². The third kappa shape index (κ3) is 3.45. The molecule has 1 saturated heterocycles. The first-order valence-corrected chi connectivity index (χ1v) is 12.4. The number of carbonyl (C=O) groups is 1. The van der Waals surface area contributed by atoms with Crippen LogP contribution in [0, 0.1) is 11.8 Å². The highest BCUT2D eigenvalue weighted by molar-refractivity contribution is 6.99. The van der Waals surface area contributed by atoms with E-state index in [4.69, 9.17) is 9.16 Å². The maximum atomic E-state index is 11.8. The zero-order valence-electron chi connectivity index (χ0n) is 17.4. The van der Waals surface area contributed by atoms with Gasteiger partial charge < -0.3 is 14.3 Å². The molecule has 1 saturated carbocycles. The smallest absolute Gasteiger partial charge is 0.306 e. The second kappa shape index (κ2) is 7.71. The summed E-state index contributed by atoms with van der Waals surface area (Å²) < 4.78 is 12.7. The van der Waals surface area contributed by atoms with Gasteiger partial charge in [0.2, 0.25) is 0 Å². The maximum absolute atomic E-state index is 11.8. The van der Waals surface area contributed by atoms with Crippen LogP contribution in [-0.2, 0) is 14.0 Å². The lowest BCUT2D eigenvalue weighted by atomic mass is 9.93. The van der Waals surface area contributed by atoms with E-state index >= 15 is 0 Å². The number of fused-ring (bicyclic) bond motifs is 1. The molecule has 1 aliphatic carbocycles. The number of hydrogen-bond donors (Lipinski definition) is 1. The monoisotopic (exact) mass is 410 g/mol. The number of aliphatic hydroxyl groups is 1. The molecular weight excluding hydrogens is 380 g/mol. The van der Waals surface area contributed by atoms with Gasteiger partial charge in [0, 0.05) is 24.9 Å². The molecule has 0 unspecified atom stereocenters. The topological polar surface area (TPSA) is 55.8 Å². The molecule has 4 nitrogen and oxygen atoms in total. The molecule has 2 aromatic carbocycles. The third-order valence-corrected chi connectivity index (χ3v) is 11.7. The number of hydrogen-bond acceptors (Lipinski definition) is 4. The summed E-state index contributed by atoms with van der Waals surface area (Å²) in [4.78, 5) is 11.8. The first-order chi connectivity index (χ1) is 13.9. The van der Waals surface area contributed by atoms with Crippen LogP contribution in [0.15, 0.2) is 60.7 Å². The van der Waals surface area contributed by atoms with E-state index < -0.39 is 8.32 Å². The van der Waals surface area contributed by atoms with Gasteiger partial charge >= 0.3 is 5.97 Å². The fourth-order valence-corrected chi connectivity index (χ4v) is 10.0. The molecule has 2 fully saturated rings. The molecule has 4 atom stereocenters. The summed E-state index contributed by atoms with van der Waals surface area (Å²) in [5, 5.41) is 12.5. The predicted octanol–water partition coefficient (Wildman–Crippen LogP) is 2.88. The number of aliphatic hydroxyl groups excluding tert-OH is 1. The normalized spacial score (nSPS) is 27.0. The van der Waals surface area contributed by atoms with E-state index in [1.54, 1.807) is 0 Å². The summed E-state index contributed by atoms with van der Waals surface area (Å²) in [7, 11) is -2.69. The van der Waals surface area contributed by atoms with Crippen LogP contribution in [0.5, 0.6) is 0 Å². The summed E-state index contributed by atoms with van der Waals surface area (Å²) >= 11 is 0. The van der Waals surface area contributed by atoms with E-state index in [9.17, 15) is 9.90 Å². The average molecular weight is 411 g/mol. The van der Waals surface area contributed by atoms with E-state index in [2.05, 4.69) is 69.3 Å². The molecule has 0 aromatic heterocycles. The average Bonchev–Trinajstić information content (AvgIpc) is 3.21. The van der Waals surface area contributed by atoms with Gasteiger partial charge in [-0.05, 0) is 15.4 Å². The molecule has 0 radical (unpaired) electrons. The van der Waals surface area contributed by atoms with Gasteiger partial charge in [-0.1, -0.05) is 81.4 Å². The second-order valence-corrected chi connectivity index (χ2v) is 13.6. The van der Waals surface area contributed by atoms with Crippen molar-refractivity contribution in [2.45, 2.75) is 50.9 Å². The van der Waals surface area contributed by atoms with Crippen molar-refractivity contribution in [3.8, 4) is 0 Å². The minimum atomic E-state index is -2.69. The predicted molar refractivity (Wildman–Crippen MR) is 116 cm³/mol. The highest BCUT2D eigenvalue weighted by Gasteiger charge is 2.56. The summed E-state index contributed by atoms with van der Waals surface area (Å²) in [6.45, 7) is 6.77. The molecule has 2 aliphatic rings. The van der Waals surface area contributed by atoms with Gasteiger partial charge in [0.25, 0.3) is 8.32 Å². The molecule has 29 heavy (non-hydrogen) atoms. The van der Waals surface area contributed by atoms with Crippen molar-refractivity contribution in [1.82, 2.24) is 0 Å². The Labute approximate surface area is 174 Å². The zero-order chi connectivity index (χ0) is 20.6. The Morgan fingerprint density at radius 1 is 1.03 bits per heavy atom. The number of carbonyl (C=O) groups excluding carboxylic acids is 1. The summed E-state index contributed by atoms with van der Waals surface area (Å²) in [5.41, 5.74) is 0. The van der Waals surface area contributed by atoms with Crippen LogP contribution < -0.4 is 10.4 Å². The van der Waals surface area contributed by atoms with Gasteiger partial charge in [-0.2, -0.15) is 0 Å². The number of rotatable bonds is 5. The van der Waals surface area contributed by atoms with Crippen LogP contribution in [-0.4, -0.2) is 38.2 Å². The summed E-state index contributed by atoms with van der Waals surface area (Å²) in [6.07, 6.45) is 0.778. The van der Waals surface area contributed by atoms with Gasteiger partial charge in [0.15, 0.2) is 0 Å². The molecular formula is C24H30O4Si. The van der Waals surface area contributed by atoms with Gasteiger partial charge in [0.1, 0.15) is 6.10 Å². The van der Waals surface area contributed by atoms with Crippen LogP contribution in [0.1, 0.15) is 33.6 Å². The van der Waals surface area contributed by atoms with Crippen molar-refractivity contribution in [1.29, 1.82) is 0 Å². The van der Waals surface area contributed by atoms with Crippen molar-refractivity contribution in [2.24, 2.45) is 11.8 Å². The standard InChI is InChI=1S/C24H30O4Si/c1-24(2,3)29(17-10-6-4-7-11-17,18-12-8-5-9-13-18)28-22-15-21-19(20(22)16-25)14-23(26)27-21/h4-13,19-22,25H,14-16H2,1-3H3/t19-,20-,21+,22-/m1/s1. The molecule has 154 valence electrons. The maximum Gasteiger partial charge on any atom is 0.306 e. The molecule has 5 heteroatoms. The Morgan fingerprint density at radius 2 is 1.59 bits per heavy atom. The zero-order valence-corrected chi connectivity index (χ0v) is 18.4. The molecule has 1 heterocycles. The molecule has 0 bridgehead atoms. The van der Waals surface area contributed by atoms with Crippen LogP contribution in [0.4, 0.5) is 0 Å². The molecule has 1 aliphatic heterocycles. The first-order valence-electron chi connectivity index (χ1n) is 10.5. The van der Waals surface area contributed by atoms with Crippen molar-refractivity contribution < 1.29 is 19.1 Å². The summed E-state index contributed by atoms with van der Waals surface area (Å²) in [5.74, 6) is -0.175. The minimum Gasteiger partial charge on any atom is -0.462 e. The Bertz CT molecular complexity index is 807. The number of esters is 1. The van der Waals surface area contributed by atoms with Gasteiger partial charge in [-0.3, -0.25) is 4.79 Å². The molecule has 0 amide bonds. The Hall–Kier alpha value is -1.95. The second-order valence-electron chi connectivity index (χ2n) is 9.30. The van der Waals surface area contributed by atoms with Gasteiger partial charge in [-0.25, -0.2) is 0 Å². The Balaban J connectivity index is 1.80. The van der Waals surface area contributed by atoms with Crippen LogP contribution in [0.2, 0.25) is 5.04 Å². The third-order valence-electron chi connectivity index (χ3n) is 6.61. The van der Waals surface area contributed by atoms with E-state index in [-0.39, 0.29) is 41.7 Å². The first kappa shape index (κ1) is 20.3. The highest BCUT2D eigenvalue weighted by atomic mass is 28.4. The Kier molecular flexibility index (Phi) is 5.40. The molecule has 2 aromatic rings.